The van der Waals surface area contributed by atoms with Crippen LogP contribution in [0, 0.1) is 0 Å². The van der Waals surface area contributed by atoms with Gasteiger partial charge in [-0.2, -0.15) is 0 Å². The molecule has 2 aromatic rings. The van der Waals surface area contributed by atoms with Gasteiger partial charge in [0, 0.05) is 11.6 Å². The molecule has 0 saturated carbocycles. The van der Waals surface area contributed by atoms with Crippen molar-refractivity contribution in [3.63, 3.8) is 0 Å². The summed E-state index contributed by atoms with van der Waals surface area (Å²) in [5, 5.41) is 3.62. The number of anilines is 1. The topological polar surface area (TPSA) is 67.9 Å². The molecule has 1 N–H and O–H groups in total. The van der Waals surface area contributed by atoms with Gasteiger partial charge in [0.05, 0.1) is 18.2 Å². The number of carbonyl (C=O) groups excluding carboxylic acids is 2. The number of ether oxygens (including phenoxy) is 2. The number of rotatable bonds is 4. The van der Waals surface area contributed by atoms with Crippen LogP contribution in [0.1, 0.15) is 12.0 Å². The summed E-state index contributed by atoms with van der Waals surface area (Å²) in [6.07, 6.45) is 0.121. The predicted molar refractivity (Wildman–Crippen MR) is 91.8 cm³/mol. The second-order valence-electron chi connectivity index (χ2n) is 5.87. The van der Waals surface area contributed by atoms with Gasteiger partial charge in [0.2, 0.25) is 12.7 Å². The molecule has 1 saturated heterocycles. The molecule has 2 aliphatic rings. The lowest BCUT2D eigenvalue weighted by molar-refractivity contribution is -0.121. The van der Waals surface area contributed by atoms with Gasteiger partial charge < -0.3 is 14.8 Å². The SMILES string of the molecule is O=C1CC(NCc2ccc3c(c2)OCO3)C(=O)N1c1cccc(Cl)c1. The summed E-state index contributed by atoms with van der Waals surface area (Å²) in [6.45, 7) is 0.667. The maximum atomic E-state index is 12.6. The molecule has 6 nitrogen and oxygen atoms in total. The number of nitrogens with zero attached hydrogens (tertiary/aromatic N) is 1. The van der Waals surface area contributed by atoms with Crippen LogP contribution in [0.4, 0.5) is 5.69 Å². The third-order valence-electron chi connectivity index (χ3n) is 4.20. The van der Waals surface area contributed by atoms with Gasteiger partial charge in [-0.1, -0.05) is 23.7 Å². The molecular weight excluding hydrogens is 344 g/mol. The van der Waals surface area contributed by atoms with Gasteiger partial charge in [0.15, 0.2) is 11.5 Å². The molecule has 2 aromatic carbocycles. The number of hydrogen-bond donors (Lipinski definition) is 1. The van der Waals surface area contributed by atoms with Crippen LogP contribution in [0.25, 0.3) is 0 Å². The van der Waals surface area contributed by atoms with Gasteiger partial charge in [-0.15, -0.1) is 0 Å². The summed E-state index contributed by atoms with van der Waals surface area (Å²) >= 11 is 5.96. The average Bonchev–Trinajstić information content (AvgIpc) is 3.16. The predicted octanol–water partition coefficient (Wildman–Crippen LogP) is 2.49. The monoisotopic (exact) mass is 358 g/mol. The van der Waals surface area contributed by atoms with Crippen molar-refractivity contribution < 1.29 is 19.1 Å². The summed E-state index contributed by atoms with van der Waals surface area (Å²) < 4.78 is 10.6. The molecule has 2 aliphatic heterocycles. The first-order valence-corrected chi connectivity index (χ1v) is 8.24. The summed E-state index contributed by atoms with van der Waals surface area (Å²) in [7, 11) is 0. The van der Waals surface area contributed by atoms with Crippen LogP contribution < -0.4 is 19.7 Å². The van der Waals surface area contributed by atoms with Crippen LogP contribution in [-0.2, 0) is 16.1 Å². The van der Waals surface area contributed by atoms with Crippen molar-refractivity contribution in [1.82, 2.24) is 5.32 Å². The molecule has 25 heavy (non-hydrogen) atoms. The smallest absolute Gasteiger partial charge is 0.251 e. The van der Waals surface area contributed by atoms with Crippen molar-refractivity contribution in [2.45, 2.75) is 19.0 Å². The van der Waals surface area contributed by atoms with E-state index in [2.05, 4.69) is 5.32 Å². The Morgan fingerprint density at radius 1 is 1.12 bits per heavy atom. The molecule has 1 atom stereocenters. The molecule has 128 valence electrons. The highest BCUT2D eigenvalue weighted by atomic mass is 35.5. The number of benzene rings is 2. The number of imide groups is 1. The lowest BCUT2D eigenvalue weighted by Crippen LogP contribution is -2.38. The molecule has 1 unspecified atom stereocenters. The fraction of sp³-hybridized carbons (Fsp3) is 0.222. The lowest BCUT2D eigenvalue weighted by atomic mass is 10.1. The van der Waals surface area contributed by atoms with E-state index in [0.717, 1.165) is 5.56 Å². The van der Waals surface area contributed by atoms with E-state index >= 15 is 0 Å². The maximum Gasteiger partial charge on any atom is 0.251 e. The Morgan fingerprint density at radius 2 is 1.96 bits per heavy atom. The second-order valence-corrected chi connectivity index (χ2v) is 6.31. The van der Waals surface area contributed by atoms with Gasteiger partial charge in [0.25, 0.3) is 5.91 Å². The molecule has 4 rings (SSSR count). The zero-order valence-corrected chi connectivity index (χ0v) is 14.0. The first-order valence-electron chi connectivity index (χ1n) is 7.86. The molecule has 0 radical (unpaired) electrons. The Hall–Kier alpha value is -2.57. The molecule has 7 heteroatoms. The number of nitrogens with one attached hydrogen (secondary N) is 1. The standard InChI is InChI=1S/C18H15ClN2O4/c19-12-2-1-3-13(7-12)21-17(22)8-14(18(21)23)20-9-11-4-5-15-16(6-11)25-10-24-15/h1-7,14,20H,8-10H2. The maximum absolute atomic E-state index is 12.6. The van der Waals surface area contributed by atoms with Crippen LogP contribution in [0.15, 0.2) is 42.5 Å². The third kappa shape index (κ3) is 3.06. The van der Waals surface area contributed by atoms with E-state index in [1.165, 1.54) is 4.90 Å². The number of fused-ring (bicyclic) bond motifs is 1. The molecule has 0 aromatic heterocycles. The van der Waals surface area contributed by atoms with Gasteiger partial charge in [-0.25, -0.2) is 4.90 Å². The van der Waals surface area contributed by atoms with Crippen LogP contribution in [0.3, 0.4) is 0 Å². The van der Waals surface area contributed by atoms with Gasteiger partial charge in [-0.05, 0) is 35.9 Å². The fourth-order valence-electron chi connectivity index (χ4n) is 2.97. The lowest BCUT2D eigenvalue weighted by Gasteiger charge is -2.16. The zero-order chi connectivity index (χ0) is 17.4. The van der Waals surface area contributed by atoms with Crippen LogP contribution in [0.2, 0.25) is 5.02 Å². The number of halogens is 1. The van der Waals surface area contributed by atoms with E-state index in [0.29, 0.717) is 28.8 Å². The molecule has 0 aliphatic carbocycles. The van der Waals surface area contributed by atoms with Crippen molar-refractivity contribution in [2.75, 3.05) is 11.7 Å². The molecule has 2 heterocycles. The summed E-state index contributed by atoms with van der Waals surface area (Å²) in [5.41, 5.74) is 1.44. The minimum Gasteiger partial charge on any atom is -0.454 e. The summed E-state index contributed by atoms with van der Waals surface area (Å²) in [6, 6.07) is 11.8. The Bertz CT molecular complexity index is 855. The zero-order valence-electron chi connectivity index (χ0n) is 13.2. The van der Waals surface area contributed by atoms with Crippen LogP contribution in [0.5, 0.6) is 11.5 Å². The molecular formula is C18H15ClN2O4. The van der Waals surface area contributed by atoms with E-state index in [1.54, 1.807) is 24.3 Å². The first-order chi connectivity index (χ1) is 12.1. The Kier molecular flexibility index (Phi) is 4.07. The highest BCUT2D eigenvalue weighted by Crippen LogP contribution is 2.32. The van der Waals surface area contributed by atoms with E-state index in [4.69, 9.17) is 21.1 Å². The van der Waals surface area contributed by atoms with E-state index in [1.807, 2.05) is 18.2 Å². The van der Waals surface area contributed by atoms with Crippen LogP contribution >= 0.6 is 11.6 Å². The van der Waals surface area contributed by atoms with E-state index in [-0.39, 0.29) is 25.0 Å². The van der Waals surface area contributed by atoms with E-state index in [9.17, 15) is 9.59 Å². The molecule has 1 fully saturated rings. The second kappa shape index (κ2) is 6.38. The molecule has 2 amide bonds. The largest absolute Gasteiger partial charge is 0.454 e. The summed E-state index contributed by atoms with van der Waals surface area (Å²) in [4.78, 5) is 26.0. The van der Waals surface area contributed by atoms with E-state index < -0.39 is 6.04 Å². The van der Waals surface area contributed by atoms with Crippen molar-refractivity contribution >= 4 is 29.1 Å². The normalized spacial score (nSPS) is 18.9. The number of carbonyl (C=O) groups is 2. The van der Waals surface area contributed by atoms with Gasteiger partial charge in [0.1, 0.15) is 0 Å². The van der Waals surface area contributed by atoms with Crippen LogP contribution in [-0.4, -0.2) is 24.6 Å². The molecule has 0 bridgehead atoms. The van der Waals surface area contributed by atoms with Gasteiger partial charge in [-0.3, -0.25) is 9.59 Å². The Balaban J connectivity index is 1.45. The minimum absolute atomic E-state index is 0.121. The van der Waals surface area contributed by atoms with Crippen molar-refractivity contribution in [1.29, 1.82) is 0 Å². The minimum atomic E-state index is -0.558. The highest BCUT2D eigenvalue weighted by Gasteiger charge is 2.39. The highest BCUT2D eigenvalue weighted by molar-refractivity contribution is 6.31. The quantitative estimate of drug-likeness (QED) is 0.850. The Labute approximate surface area is 149 Å². The van der Waals surface area contributed by atoms with Gasteiger partial charge >= 0.3 is 0 Å². The Morgan fingerprint density at radius 3 is 2.80 bits per heavy atom. The number of amides is 2. The van der Waals surface area contributed by atoms with Crippen molar-refractivity contribution in [2.24, 2.45) is 0 Å². The fourth-order valence-corrected chi connectivity index (χ4v) is 3.15. The summed E-state index contributed by atoms with van der Waals surface area (Å²) in [5.74, 6) is 0.889. The third-order valence-corrected chi connectivity index (χ3v) is 4.44. The average molecular weight is 359 g/mol. The van der Waals surface area contributed by atoms with Crippen molar-refractivity contribution in [3.8, 4) is 11.5 Å². The number of hydrogen-bond acceptors (Lipinski definition) is 5. The van der Waals surface area contributed by atoms with Crippen molar-refractivity contribution in [3.05, 3.63) is 53.1 Å². The molecule has 0 spiro atoms. The first kappa shape index (κ1) is 15.9.